The van der Waals surface area contributed by atoms with Crippen LogP contribution in [0.2, 0.25) is 0 Å². The van der Waals surface area contributed by atoms with Gasteiger partial charge in [0.15, 0.2) is 0 Å². The van der Waals surface area contributed by atoms with Crippen LogP contribution in [0.4, 0.5) is 0 Å². The van der Waals surface area contributed by atoms with Crippen LogP contribution in [0.5, 0.6) is 0 Å². The van der Waals surface area contributed by atoms with Crippen LogP contribution in [0.15, 0.2) is 0 Å². The van der Waals surface area contributed by atoms with Crippen molar-refractivity contribution in [1.29, 1.82) is 0 Å². The van der Waals surface area contributed by atoms with E-state index in [0.717, 1.165) is 19.4 Å². The molecule has 0 unspecified atom stereocenters. The molecule has 0 aliphatic rings. The van der Waals surface area contributed by atoms with E-state index in [9.17, 15) is 0 Å². The standard InChI is InChI=1S/C8H17O3/c1-2-3-5-10-7-8-11-6-4-9/h9H,1-8H2. The van der Waals surface area contributed by atoms with Crippen LogP contribution in [0.25, 0.3) is 0 Å². The van der Waals surface area contributed by atoms with Crippen molar-refractivity contribution in [2.75, 3.05) is 33.0 Å². The summed E-state index contributed by atoms with van der Waals surface area (Å²) in [6.07, 6.45) is 1.91. The van der Waals surface area contributed by atoms with Gasteiger partial charge in [-0.05, 0) is 6.42 Å². The minimum atomic E-state index is 0.0822. The second kappa shape index (κ2) is 9.88. The normalized spacial score (nSPS) is 10.4. The van der Waals surface area contributed by atoms with E-state index in [1.165, 1.54) is 0 Å². The van der Waals surface area contributed by atoms with Crippen molar-refractivity contribution in [3.05, 3.63) is 6.92 Å². The molecule has 0 amide bonds. The lowest BCUT2D eigenvalue weighted by molar-refractivity contribution is 0.0326. The number of aliphatic hydroxyl groups is 1. The molecule has 1 radical (unpaired) electrons. The molecule has 0 aliphatic heterocycles. The lowest BCUT2D eigenvalue weighted by Gasteiger charge is -2.02. The van der Waals surface area contributed by atoms with Crippen molar-refractivity contribution in [1.82, 2.24) is 0 Å². The molecule has 0 aromatic heterocycles. The third kappa shape index (κ3) is 9.88. The largest absolute Gasteiger partial charge is 0.394 e. The highest BCUT2D eigenvalue weighted by atomic mass is 16.5. The zero-order valence-electron chi connectivity index (χ0n) is 6.92. The van der Waals surface area contributed by atoms with Crippen LogP contribution in [-0.4, -0.2) is 38.1 Å². The number of hydrogen-bond donors (Lipinski definition) is 1. The van der Waals surface area contributed by atoms with Crippen LogP contribution in [0, 0.1) is 6.92 Å². The van der Waals surface area contributed by atoms with Crippen molar-refractivity contribution in [2.24, 2.45) is 0 Å². The van der Waals surface area contributed by atoms with E-state index in [1.807, 2.05) is 0 Å². The predicted molar refractivity (Wildman–Crippen MR) is 43.3 cm³/mol. The lowest BCUT2D eigenvalue weighted by Crippen LogP contribution is -2.07. The minimum Gasteiger partial charge on any atom is -0.394 e. The average Bonchev–Trinajstić information content (AvgIpc) is 2.03. The summed E-state index contributed by atoms with van der Waals surface area (Å²) >= 11 is 0. The predicted octanol–water partition coefficient (Wildman–Crippen LogP) is 0.626. The zero-order valence-corrected chi connectivity index (χ0v) is 6.92. The first-order valence-corrected chi connectivity index (χ1v) is 3.97. The Hall–Kier alpha value is -0.120. The number of ether oxygens (including phenoxy) is 2. The van der Waals surface area contributed by atoms with Crippen LogP contribution in [0.3, 0.4) is 0 Å². The van der Waals surface area contributed by atoms with E-state index in [4.69, 9.17) is 14.6 Å². The lowest BCUT2D eigenvalue weighted by atomic mass is 10.4. The summed E-state index contributed by atoms with van der Waals surface area (Å²) in [7, 11) is 0. The third-order valence-corrected chi connectivity index (χ3v) is 1.15. The van der Waals surface area contributed by atoms with Crippen molar-refractivity contribution in [2.45, 2.75) is 12.8 Å². The van der Waals surface area contributed by atoms with Crippen molar-refractivity contribution < 1.29 is 14.6 Å². The Morgan fingerprint density at radius 2 is 1.64 bits per heavy atom. The van der Waals surface area contributed by atoms with Crippen LogP contribution >= 0.6 is 0 Å². The topological polar surface area (TPSA) is 38.7 Å². The summed E-state index contributed by atoms with van der Waals surface area (Å²) in [5, 5.41) is 8.33. The highest BCUT2D eigenvalue weighted by Crippen LogP contribution is 1.86. The summed E-state index contributed by atoms with van der Waals surface area (Å²) in [6.45, 7) is 6.11. The fourth-order valence-corrected chi connectivity index (χ4v) is 0.591. The maximum Gasteiger partial charge on any atom is 0.0701 e. The quantitative estimate of drug-likeness (QED) is 0.530. The Bertz CT molecular complexity index is 58.4. The van der Waals surface area contributed by atoms with Gasteiger partial charge in [0.25, 0.3) is 0 Å². The molecule has 0 aromatic rings. The van der Waals surface area contributed by atoms with E-state index in [2.05, 4.69) is 6.92 Å². The van der Waals surface area contributed by atoms with Crippen LogP contribution in [0.1, 0.15) is 12.8 Å². The van der Waals surface area contributed by atoms with Crippen LogP contribution < -0.4 is 0 Å². The maximum atomic E-state index is 8.33. The summed E-state index contributed by atoms with van der Waals surface area (Å²) in [5.41, 5.74) is 0. The number of hydrogen-bond acceptors (Lipinski definition) is 3. The average molecular weight is 161 g/mol. The molecule has 0 saturated heterocycles. The first-order chi connectivity index (χ1) is 5.41. The summed E-state index contributed by atoms with van der Waals surface area (Å²) < 4.78 is 10.1. The van der Waals surface area contributed by atoms with Gasteiger partial charge >= 0.3 is 0 Å². The summed E-state index contributed by atoms with van der Waals surface area (Å²) in [4.78, 5) is 0. The molecule has 0 saturated carbocycles. The molecule has 0 aliphatic carbocycles. The van der Waals surface area contributed by atoms with Gasteiger partial charge in [-0.25, -0.2) is 0 Å². The Morgan fingerprint density at radius 3 is 2.18 bits per heavy atom. The van der Waals surface area contributed by atoms with Gasteiger partial charge in [0, 0.05) is 6.61 Å². The van der Waals surface area contributed by atoms with Gasteiger partial charge in [-0.15, -0.1) is 0 Å². The molecule has 3 heteroatoms. The molecule has 0 fully saturated rings. The molecule has 11 heavy (non-hydrogen) atoms. The van der Waals surface area contributed by atoms with E-state index in [-0.39, 0.29) is 6.61 Å². The Morgan fingerprint density at radius 1 is 1.00 bits per heavy atom. The first kappa shape index (κ1) is 10.9. The van der Waals surface area contributed by atoms with Gasteiger partial charge in [0.2, 0.25) is 0 Å². The van der Waals surface area contributed by atoms with Gasteiger partial charge in [-0.2, -0.15) is 0 Å². The van der Waals surface area contributed by atoms with Gasteiger partial charge in [0.1, 0.15) is 0 Å². The Kier molecular flexibility index (Phi) is 9.77. The van der Waals surface area contributed by atoms with E-state index in [0.29, 0.717) is 19.8 Å². The summed E-state index contributed by atoms with van der Waals surface area (Å²) in [5.74, 6) is 0. The number of rotatable bonds is 8. The van der Waals surface area contributed by atoms with Crippen LogP contribution in [-0.2, 0) is 9.47 Å². The minimum absolute atomic E-state index is 0.0822. The molecular weight excluding hydrogens is 144 g/mol. The molecule has 0 aromatic carbocycles. The molecule has 3 nitrogen and oxygen atoms in total. The smallest absolute Gasteiger partial charge is 0.0701 e. The summed E-state index contributed by atoms with van der Waals surface area (Å²) in [6, 6.07) is 0. The third-order valence-electron chi connectivity index (χ3n) is 1.15. The maximum absolute atomic E-state index is 8.33. The zero-order chi connectivity index (χ0) is 8.36. The van der Waals surface area contributed by atoms with E-state index >= 15 is 0 Å². The molecule has 0 atom stereocenters. The van der Waals surface area contributed by atoms with Crippen molar-refractivity contribution >= 4 is 0 Å². The van der Waals surface area contributed by atoms with Crippen molar-refractivity contribution in [3.63, 3.8) is 0 Å². The monoisotopic (exact) mass is 161 g/mol. The number of unbranched alkanes of at least 4 members (excludes halogenated alkanes) is 1. The first-order valence-electron chi connectivity index (χ1n) is 3.97. The second-order valence-corrected chi connectivity index (χ2v) is 2.16. The molecule has 0 bridgehead atoms. The van der Waals surface area contributed by atoms with Gasteiger partial charge in [-0.1, -0.05) is 13.3 Å². The van der Waals surface area contributed by atoms with E-state index in [1.54, 1.807) is 0 Å². The molecule has 0 spiro atoms. The second-order valence-electron chi connectivity index (χ2n) is 2.16. The highest BCUT2D eigenvalue weighted by Gasteiger charge is 1.87. The Labute approximate surface area is 68.3 Å². The fourth-order valence-electron chi connectivity index (χ4n) is 0.591. The SMILES string of the molecule is [CH2]CCCOCCOCCO. The number of aliphatic hydroxyl groups excluding tert-OH is 1. The molecule has 0 rings (SSSR count). The van der Waals surface area contributed by atoms with Crippen molar-refractivity contribution in [3.8, 4) is 0 Å². The molecule has 1 N–H and O–H groups in total. The Balaban J connectivity index is 2.69. The molecule has 67 valence electrons. The van der Waals surface area contributed by atoms with Gasteiger partial charge in [0.05, 0.1) is 26.4 Å². The van der Waals surface area contributed by atoms with E-state index < -0.39 is 0 Å². The fraction of sp³-hybridized carbons (Fsp3) is 0.875. The van der Waals surface area contributed by atoms with Gasteiger partial charge < -0.3 is 14.6 Å². The molecule has 0 heterocycles. The molecular formula is C8H17O3. The highest BCUT2D eigenvalue weighted by molar-refractivity contribution is 4.39. The van der Waals surface area contributed by atoms with Gasteiger partial charge in [-0.3, -0.25) is 0 Å².